The van der Waals surface area contributed by atoms with Gasteiger partial charge in [-0.1, -0.05) is 66.7 Å². The maximum Gasteiger partial charge on any atom is 0.212 e. The number of nitrogens with one attached hydrogen (secondary N) is 1. The van der Waals surface area contributed by atoms with Gasteiger partial charge >= 0.3 is 0 Å². The number of guanidine groups is 1. The fourth-order valence-corrected chi connectivity index (χ4v) is 3.42. The third kappa shape index (κ3) is 2.33. The molecule has 26 heavy (non-hydrogen) atoms. The van der Waals surface area contributed by atoms with Crippen LogP contribution in [0.2, 0.25) is 0 Å². The minimum atomic E-state index is -0.233. The van der Waals surface area contributed by atoms with Gasteiger partial charge in [0.15, 0.2) is 12.1 Å². The van der Waals surface area contributed by atoms with Crippen LogP contribution in [0.5, 0.6) is 0 Å². The summed E-state index contributed by atoms with van der Waals surface area (Å²) in [5, 5.41) is 3.07. The Hall–Kier alpha value is -3.60. The molecule has 0 fully saturated rings. The largest absolute Gasteiger partial charge is 0.370 e. The topological polar surface area (TPSA) is 68.2 Å². The van der Waals surface area contributed by atoms with Crippen LogP contribution in [0.1, 0.15) is 11.7 Å². The van der Waals surface area contributed by atoms with Gasteiger partial charge in [0.05, 0.1) is 11.0 Å². The van der Waals surface area contributed by atoms with E-state index in [9.17, 15) is 0 Å². The predicted molar refractivity (Wildman–Crippen MR) is 105 cm³/mol. The molecule has 3 aromatic carbocycles. The molecule has 0 saturated heterocycles. The summed E-state index contributed by atoms with van der Waals surface area (Å²) in [7, 11) is 0. The van der Waals surface area contributed by atoms with Gasteiger partial charge in [0.25, 0.3) is 0 Å². The monoisotopic (exact) mass is 339 g/mol. The third-order valence-electron chi connectivity index (χ3n) is 4.66. The van der Waals surface area contributed by atoms with Crippen molar-refractivity contribution >= 4 is 22.9 Å². The number of benzene rings is 3. The Labute approximate surface area is 150 Å². The number of hydrogen-bond donors (Lipinski definition) is 2. The van der Waals surface area contributed by atoms with E-state index in [1.807, 2.05) is 36.4 Å². The lowest BCUT2D eigenvalue weighted by Gasteiger charge is -2.24. The van der Waals surface area contributed by atoms with Crippen molar-refractivity contribution in [1.82, 2.24) is 9.55 Å². The Morgan fingerprint density at radius 1 is 0.808 bits per heavy atom. The molecule has 0 amide bonds. The van der Waals surface area contributed by atoms with Gasteiger partial charge in [0.1, 0.15) is 0 Å². The van der Waals surface area contributed by atoms with E-state index in [2.05, 4.69) is 62.3 Å². The molecular weight excluding hydrogens is 322 g/mol. The van der Waals surface area contributed by atoms with E-state index >= 15 is 0 Å². The van der Waals surface area contributed by atoms with Gasteiger partial charge in [-0.05, 0) is 28.8 Å². The summed E-state index contributed by atoms with van der Waals surface area (Å²) in [6.45, 7) is 0. The zero-order valence-corrected chi connectivity index (χ0v) is 14.0. The number of imidazole rings is 1. The molecule has 0 unspecified atom stereocenters. The SMILES string of the molecule is NC1=N[C@H](c2ccc(-c3ccccc3)cc2)n2c(nc3ccccc32)N1. The molecule has 0 spiro atoms. The lowest BCUT2D eigenvalue weighted by molar-refractivity contribution is 0.626. The number of aromatic nitrogens is 2. The summed E-state index contributed by atoms with van der Waals surface area (Å²) in [6, 6.07) is 26.8. The van der Waals surface area contributed by atoms with Crippen molar-refractivity contribution in [2.75, 3.05) is 5.32 Å². The first-order valence-electron chi connectivity index (χ1n) is 8.52. The quantitative estimate of drug-likeness (QED) is 0.580. The molecular formula is C21H17N5. The molecule has 5 nitrogen and oxygen atoms in total. The molecule has 1 atom stereocenters. The zero-order chi connectivity index (χ0) is 17.5. The molecule has 5 rings (SSSR count). The van der Waals surface area contributed by atoms with E-state index in [4.69, 9.17) is 5.73 Å². The number of hydrogen-bond acceptors (Lipinski definition) is 4. The maximum atomic E-state index is 6.01. The van der Waals surface area contributed by atoms with E-state index in [1.54, 1.807) is 0 Å². The highest BCUT2D eigenvalue weighted by Gasteiger charge is 2.24. The van der Waals surface area contributed by atoms with Crippen molar-refractivity contribution in [2.45, 2.75) is 6.17 Å². The van der Waals surface area contributed by atoms with Crippen LogP contribution in [-0.4, -0.2) is 15.5 Å². The highest BCUT2D eigenvalue weighted by Crippen LogP contribution is 2.33. The Morgan fingerprint density at radius 2 is 1.50 bits per heavy atom. The van der Waals surface area contributed by atoms with Crippen LogP contribution in [0.3, 0.4) is 0 Å². The first-order valence-corrected chi connectivity index (χ1v) is 8.52. The lowest BCUT2D eigenvalue weighted by atomic mass is 10.0. The molecule has 5 heteroatoms. The molecule has 1 aliphatic heterocycles. The number of fused-ring (bicyclic) bond motifs is 3. The van der Waals surface area contributed by atoms with E-state index in [0.29, 0.717) is 5.96 Å². The van der Waals surface area contributed by atoms with Crippen molar-refractivity contribution < 1.29 is 0 Å². The van der Waals surface area contributed by atoms with Crippen LogP contribution in [0.15, 0.2) is 83.9 Å². The van der Waals surface area contributed by atoms with Crippen LogP contribution in [0.4, 0.5) is 5.95 Å². The minimum absolute atomic E-state index is 0.233. The molecule has 0 saturated carbocycles. The zero-order valence-electron chi connectivity index (χ0n) is 14.0. The Balaban J connectivity index is 1.61. The highest BCUT2D eigenvalue weighted by molar-refractivity contribution is 5.94. The molecule has 4 aromatic rings. The van der Waals surface area contributed by atoms with Gasteiger partial charge in [-0.15, -0.1) is 0 Å². The summed E-state index contributed by atoms with van der Waals surface area (Å²) in [5.74, 6) is 1.10. The predicted octanol–water partition coefficient (Wildman–Crippen LogP) is 3.99. The second-order valence-electron chi connectivity index (χ2n) is 6.30. The van der Waals surface area contributed by atoms with Crippen LogP contribution < -0.4 is 11.1 Å². The van der Waals surface area contributed by atoms with Gasteiger partial charge < -0.3 is 5.73 Å². The summed E-state index contributed by atoms with van der Waals surface area (Å²) in [6.07, 6.45) is -0.233. The second-order valence-corrected chi connectivity index (χ2v) is 6.30. The number of nitrogens with zero attached hydrogens (tertiary/aromatic N) is 3. The van der Waals surface area contributed by atoms with Crippen LogP contribution in [-0.2, 0) is 0 Å². The molecule has 126 valence electrons. The van der Waals surface area contributed by atoms with Crippen molar-refractivity contribution in [3.05, 3.63) is 84.4 Å². The molecule has 2 heterocycles. The lowest BCUT2D eigenvalue weighted by Crippen LogP contribution is -2.31. The minimum Gasteiger partial charge on any atom is -0.370 e. The average molecular weight is 339 g/mol. The number of nitrogens with two attached hydrogens (primary N) is 1. The van der Waals surface area contributed by atoms with Crippen LogP contribution >= 0.6 is 0 Å². The Morgan fingerprint density at radius 3 is 2.31 bits per heavy atom. The number of anilines is 1. The Kier molecular flexibility index (Phi) is 3.25. The fourth-order valence-electron chi connectivity index (χ4n) is 3.42. The number of para-hydroxylation sites is 2. The molecule has 0 aliphatic carbocycles. The van der Waals surface area contributed by atoms with Gasteiger partial charge in [0.2, 0.25) is 5.95 Å². The van der Waals surface area contributed by atoms with Gasteiger partial charge in [0, 0.05) is 0 Å². The van der Waals surface area contributed by atoms with E-state index < -0.39 is 0 Å². The van der Waals surface area contributed by atoms with Crippen molar-refractivity contribution in [3.63, 3.8) is 0 Å². The standard InChI is InChI=1S/C21H17N5/c22-20-24-19(26-18-9-5-4-8-17(18)23-21(26)25-20)16-12-10-15(11-13-16)14-6-2-1-3-7-14/h1-13,19H,(H3,22,23,24,25)/t19-/m0/s1. The Bertz CT molecular complexity index is 1110. The average Bonchev–Trinajstić information content (AvgIpc) is 3.06. The third-order valence-corrected chi connectivity index (χ3v) is 4.66. The maximum absolute atomic E-state index is 6.01. The van der Waals surface area contributed by atoms with Crippen molar-refractivity contribution in [3.8, 4) is 11.1 Å². The van der Waals surface area contributed by atoms with Crippen LogP contribution in [0.25, 0.3) is 22.2 Å². The fraction of sp³-hybridized carbons (Fsp3) is 0.0476. The van der Waals surface area contributed by atoms with E-state index in [-0.39, 0.29) is 6.17 Å². The number of aliphatic imine (C=N–C) groups is 1. The van der Waals surface area contributed by atoms with Crippen LogP contribution in [0, 0.1) is 0 Å². The summed E-state index contributed by atoms with van der Waals surface area (Å²) in [4.78, 5) is 9.26. The normalized spacial score (nSPS) is 16.0. The van der Waals surface area contributed by atoms with Crippen molar-refractivity contribution in [1.29, 1.82) is 0 Å². The molecule has 0 radical (unpaired) electrons. The van der Waals surface area contributed by atoms with E-state index in [0.717, 1.165) is 22.5 Å². The highest BCUT2D eigenvalue weighted by atomic mass is 15.4. The smallest absolute Gasteiger partial charge is 0.212 e. The number of rotatable bonds is 2. The van der Waals surface area contributed by atoms with Crippen molar-refractivity contribution in [2.24, 2.45) is 10.7 Å². The molecule has 0 bridgehead atoms. The molecule has 1 aliphatic rings. The van der Waals surface area contributed by atoms with Gasteiger partial charge in [-0.2, -0.15) is 0 Å². The summed E-state index contributed by atoms with van der Waals surface area (Å²) < 4.78 is 2.09. The molecule has 3 N–H and O–H groups in total. The first-order chi connectivity index (χ1) is 12.8. The molecule has 1 aromatic heterocycles. The van der Waals surface area contributed by atoms with E-state index in [1.165, 1.54) is 11.1 Å². The van der Waals surface area contributed by atoms with Gasteiger partial charge in [-0.3, -0.25) is 9.88 Å². The van der Waals surface area contributed by atoms with Gasteiger partial charge in [-0.25, -0.2) is 9.98 Å². The summed E-state index contributed by atoms with van der Waals surface area (Å²) >= 11 is 0. The second kappa shape index (κ2) is 5.74. The summed E-state index contributed by atoms with van der Waals surface area (Å²) in [5.41, 5.74) is 11.4. The first kappa shape index (κ1) is 14.7.